The number of nitriles is 1. The lowest BCUT2D eigenvalue weighted by Crippen LogP contribution is -2.47. The van der Waals surface area contributed by atoms with Gasteiger partial charge in [0.2, 0.25) is 0 Å². The Kier molecular flexibility index (Phi) is 4.60. The van der Waals surface area contributed by atoms with E-state index in [1.807, 2.05) is 6.92 Å². The van der Waals surface area contributed by atoms with Crippen LogP contribution in [0.2, 0.25) is 0 Å². The molecule has 2 heterocycles. The largest absolute Gasteiger partial charge is 0.374 e. The van der Waals surface area contributed by atoms with E-state index in [2.05, 4.69) is 17.9 Å². The molecule has 2 rings (SSSR count). The third-order valence-electron chi connectivity index (χ3n) is 4.07. The topological polar surface area (TPSA) is 45.5 Å². The van der Waals surface area contributed by atoms with Gasteiger partial charge in [-0.2, -0.15) is 5.26 Å². The van der Waals surface area contributed by atoms with Gasteiger partial charge in [-0.1, -0.05) is 0 Å². The van der Waals surface area contributed by atoms with Gasteiger partial charge in [-0.3, -0.25) is 0 Å². The van der Waals surface area contributed by atoms with Crippen molar-refractivity contribution in [3.8, 4) is 6.07 Å². The van der Waals surface area contributed by atoms with Crippen LogP contribution in [0.25, 0.3) is 0 Å². The summed E-state index contributed by atoms with van der Waals surface area (Å²) in [5.74, 6) is 0. The molecule has 0 radical (unpaired) electrons. The second-order valence-corrected chi connectivity index (χ2v) is 5.49. The van der Waals surface area contributed by atoms with Crippen molar-refractivity contribution in [1.82, 2.24) is 4.90 Å². The minimum absolute atomic E-state index is 0.390. The highest BCUT2D eigenvalue weighted by Crippen LogP contribution is 2.27. The molecule has 0 N–H and O–H groups in total. The van der Waals surface area contributed by atoms with Gasteiger partial charge in [0.25, 0.3) is 0 Å². The van der Waals surface area contributed by atoms with Gasteiger partial charge in [0, 0.05) is 39.1 Å². The average Bonchev–Trinajstić information content (AvgIpc) is 2.78. The zero-order chi connectivity index (χ0) is 13.0. The van der Waals surface area contributed by atoms with E-state index < -0.39 is 5.60 Å². The molecule has 0 aromatic carbocycles. The molecule has 0 amide bonds. The summed E-state index contributed by atoms with van der Waals surface area (Å²) in [6.45, 7) is 7.63. The molecule has 0 bridgehead atoms. The van der Waals surface area contributed by atoms with Crippen LogP contribution in [0.4, 0.5) is 0 Å². The molecule has 2 aliphatic rings. The van der Waals surface area contributed by atoms with E-state index in [4.69, 9.17) is 9.47 Å². The number of hydrogen-bond donors (Lipinski definition) is 0. The first-order chi connectivity index (χ1) is 8.67. The van der Waals surface area contributed by atoms with Crippen LogP contribution in [-0.4, -0.2) is 49.0 Å². The van der Waals surface area contributed by atoms with Gasteiger partial charge >= 0.3 is 0 Å². The molecule has 0 aromatic heterocycles. The Balaban J connectivity index is 1.78. The van der Waals surface area contributed by atoms with E-state index >= 15 is 0 Å². The summed E-state index contributed by atoms with van der Waals surface area (Å²) >= 11 is 0. The van der Waals surface area contributed by atoms with Crippen molar-refractivity contribution in [3.63, 3.8) is 0 Å². The van der Waals surface area contributed by atoms with Crippen LogP contribution in [-0.2, 0) is 9.47 Å². The molecule has 2 atom stereocenters. The minimum Gasteiger partial charge on any atom is -0.374 e. The molecule has 0 aliphatic carbocycles. The Bertz CT molecular complexity index is 305. The molecule has 2 saturated heterocycles. The maximum atomic E-state index is 9.26. The van der Waals surface area contributed by atoms with Gasteiger partial charge < -0.3 is 14.4 Å². The van der Waals surface area contributed by atoms with Crippen LogP contribution in [0.15, 0.2) is 0 Å². The average molecular weight is 252 g/mol. The number of ether oxygens (including phenoxy) is 2. The monoisotopic (exact) mass is 252 g/mol. The fourth-order valence-corrected chi connectivity index (χ4v) is 2.97. The molecular formula is C14H24N2O2. The zero-order valence-corrected chi connectivity index (χ0v) is 11.5. The number of rotatable bonds is 4. The molecule has 102 valence electrons. The first-order valence-electron chi connectivity index (χ1n) is 7.10. The summed E-state index contributed by atoms with van der Waals surface area (Å²) in [7, 11) is 0. The minimum atomic E-state index is -0.533. The van der Waals surface area contributed by atoms with Crippen LogP contribution in [0.3, 0.4) is 0 Å². The van der Waals surface area contributed by atoms with Gasteiger partial charge in [0.05, 0.1) is 18.3 Å². The van der Waals surface area contributed by atoms with Crippen molar-refractivity contribution in [3.05, 3.63) is 0 Å². The van der Waals surface area contributed by atoms with E-state index in [0.29, 0.717) is 18.8 Å². The van der Waals surface area contributed by atoms with Gasteiger partial charge in [-0.05, 0) is 26.7 Å². The molecule has 18 heavy (non-hydrogen) atoms. The zero-order valence-electron chi connectivity index (χ0n) is 11.5. The van der Waals surface area contributed by atoms with Crippen LogP contribution in [0.5, 0.6) is 0 Å². The predicted molar refractivity (Wildman–Crippen MR) is 69.2 cm³/mol. The van der Waals surface area contributed by atoms with E-state index in [0.717, 1.165) is 32.5 Å². The highest BCUT2D eigenvalue weighted by molar-refractivity contribution is 5.05. The third kappa shape index (κ3) is 3.23. The molecule has 0 spiro atoms. The van der Waals surface area contributed by atoms with Crippen LogP contribution < -0.4 is 0 Å². The molecule has 0 saturated carbocycles. The van der Waals surface area contributed by atoms with Gasteiger partial charge in [0.15, 0.2) is 5.60 Å². The molecule has 2 aliphatic heterocycles. The summed E-state index contributed by atoms with van der Waals surface area (Å²) in [6, 6.07) is 2.36. The Morgan fingerprint density at radius 3 is 2.61 bits per heavy atom. The Morgan fingerprint density at radius 2 is 2.11 bits per heavy atom. The quantitative estimate of drug-likeness (QED) is 0.767. The lowest BCUT2D eigenvalue weighted by Gasteiger charge is -2.37. The summed E-state index contributed by atoms with van der Waals surface area (Å²) < 4.78 is 11.5. The molecule has 4 nitrogen and oxygen atoms in total. The van der Waals surface area contributed by atoms with E-state index in [-0.39, 0.29) is 0 Å². The lowest BCUT2D eigenvalue weighted by atomic mass is 9.92. The highest BCUT2D eigenvalue weighted by atomic mass is 16.5. The molecule has 2 fully saturated rings. The smallest absolute Gasteiger partial charge is 0.156 e. The van der Waals surface area contributed by atoms with Crippen molar-refractivity contribution in [1.29, 1.82) is 5.26 Å². The number of nitrogens with zero attached hydrogens (tertiary/aromatic N) is 2. The maximum absolute atomic E-state index is 9.26. The number of piperidine rings is 1. The number of hydrogen-bond acceptors (Lipinski definition) is 4. The fourth-order valence-electron chi connectivity index (χ4n) is 2.97. The molecular weight excluding hydrogens is 228 g/mol. The first kappa shape index (κ1) is 13.8. The van der Waals surface area contributed by atoms with Gasteiger partial charge in [0.1, 0.15) is 0 Å². The van der Waals surface area contributed by atoms with Gasteiger partial charge in [-0.25, -0.2) is 0 Å². The Morgan fingerprint density at radius 1 is 1.39 bits per heavy atom. The summed E-state index contributed by atoms with van der Waals surface area (Å²) in [6.07, 6.45) is 4.80. The van der Waals surface area contributed by atoms with Crippen LogP contribution in [0, 0.1) is 11.3 Å². The maximum Gasteiger partial charge on any atom is 0.156 e. The Hall–Kier alpha value is -0.630. The van der Waals surface area contributed by atoms with Crippen molar-refractivity contribution < 1.29 is 9.47 Å². The molecule has 0 aromatic rings. The van der Waals surface area contributed by atoms with Crippen molar-refractivity contribution in [2.75, 3.05) is 26.2 Å². The summed E-state index contributed by atoms with van der Waals surface area (Å²) in [4.78, 5) is 2.41. The second kappa shape index (κ2) is 6.01. The normalized spacial score (nSPS) is 32.3. The Labute approximate surface area is 110 Å². The van der Waals surface area contributed by atoms with Crippen LogP contribution in [0.1, 0.15) is 39.5 Å². The fraction of sp³-hybridized carbons (Fsp3) is 0.929. The number of likely N-dealkylation sites (tertiary alicyclic amines) is 1. The lowest BCUT2D eigenvalue weighted by molar-refractivity contribution is -0.0485. The van der Waals surface area contributed by atoms with Gasteiger partial charge in [-0.15, -0.1) is 0 Å². The van der Waals surface area contributed by atoms with E-state index in [1.54, 1.807) is 0 Å². The molecule has 2 unspecified atom stereocenters. The van der Waals surface area contributed by atoms with Crippen molar-refractivity contribution >= 4 is 0 Å². The summed E-state index contributed by atoms with van der Waals surface area (Å²) in [5, 5.41) is 9.26. The van der Waals surface area contributed by atoms with Crippen molar-refractivity contribution in [2.24, 2.45) is 0 Å². The summed E-state index contributed by atoms with van der Waals surface area (Å²) in [5.41, 5.74) is -0.533. The highest BCUT2D eigenvalue weighted by Gasteiger charge is 2.36. The molecule has 4 heteroatoms. The second-order valence-electron chi connectivity index (χ2n) is 5.49. The first-order valence-corrected chi connectivity index (χ1v) is 7.10. The van der Waals surface area contributed by atoms with E-state index in [9.17, 15) is 5.26 Å². The standard InChI is InChI=1S/C14H24N2O2/c1-3-17-14(11-15)6-8-16(9-7-14)10-13-5-4-12(2)18-13/h12-13H,3-10H2,1-2H3. The van der Waals surface area contributed by atoms with E-state index in [1.165, 1.54) is 12.8 Å². The SMILES string of the molecule is CCOC1(C#N)CCN(CC2CCC(C)O2)CC1. The predicted octanol–water partition coefficient (Wildman–Crippen LogP) is 1.95. The van der Waals surface area contributed by atoms with Crippen LogP contribution >= 0.6 is 0 Å². The third-order valence-corrected chi connectivity index (χ3v) is 4.07. The van der Waals surface area contributed by atoms with Crippen molar-refractivity contribution in [2.45, 2.75) is 57.3 Å².